The summed E-state index contributed by atoms with van der Waals surface area (Å²) >= 11 is 0. The summed E-state index contributed by atoms with van der Waals surface area (Å²) in [4.78, 5) is 62.1. The number of ether oxygens (including phenoxy) is 2. The van der Waals surface area contributed by atoms with Crippen molar-refractivity contribution in [3.05, 3.63) is 0 Å². The molecule has 8 heteroatoms. The molecule has 4 saturated carbocycles. The molecule has 0 amide bonds. The summed E-state index contributed by atoms with van der Waals surface area (Å²) in [5.41, 5.74) is -3.11. The van der Waals surface area contributed by atoms with E-state index in [0.29, 0.717) is 25.7 Å². The van der Waals surface area contributed by atoms with Gasteiger partial charge >= 0.3 is 11.9 Å². The number of carbonyl (C=O) groups excluding carboxylic acids is 5. The molecule has 0 spiro atoms. The summed E-state index contributed by atoms with van der Waals surface area (Å²) in [6, 6.07) is 0. The fourth-order valence-electron chi connectivity index (χ4n) is 8.01. The summed E-state index contributed by atoms with van der Waals surface area (Å²) in [7, 11) is 0. The van der Waals surface area contributed by atoms with E-state index in [1.165, 1.54) is 13.8 Å². The van der Waals surface area contributed by atoms with Gasteiger partial charge in [0.05, 0.1) is 0 Å². The lowest BCUT2D eigenvalue weighted by Gasteiger charge is -2.60. The smallest absolute Gasteiger partial charge is 0.303 e. The van der Waals surface area contributed by atoms with Crippen molar-refractivity contribution in [3.8, 4) is 0 Å². The van der Waals surface area contributed by atoms with Gasteiger partial charge in [-0.1, -0.05) is 13.8 Å². The lowest BCUT2D eigenvalue weighted by Crippen LogP contribution is -2.64. The van der Waals surface area contributed by atoms with E-state index < -0.39 is 46.9 Å². The topological polar surface area (TPSA) is 124 Å². The van der Waals surface area contributed by atoms with Gasteiger partial charge in [0, 0.05) is 43.9 Å². The number of hydrogen-bond donors (Lipinski definition) is 1. The molecule has 182 valence electrons. The second-order valence-corrected chi connectivity index (χ2v) is 11.1. The highest BCUT2D eigenvalue weighted by Gasteiger charge is 2.70. The van der Waals surface area contributed by atoms with E-state index in [2.05, 4.69) is 0 Å². The van der Waals surface area contributed by atoms with E-state index in [4.69, 9.17) is 9.47 Å². The molecule has 8 nitrogen and oxygen atoms in total. The predicted octanol–water partition coefficient (Wildman–Crippen LogP) is 2.18. The van der Waals surface area contributed by atoms with E-state index >= 15 is 0 Å². The van der Waals surface area contributed by atoms with Gasteiger partial charge in [0.2, 0.25) is 5.78 Å². The zero-order chi connectivity index (χ0) is 24.3. The number of ketones is 3. The first-order valence-electron chi connectivity index (χ1n) is 12.0. The molecule has 0 aliphatic heterocycles. The van der Waals surface area contributed by atoms with Gasteiger partial charge in [0.15, 0.2) is 18.5 Å². The Kier molecular flexibility index (Phi) is 5.83. The van der Waals surface area contributed by atoms with Crippen LogP contribution in [0.1, 0.15) is 72.6 Å². The summed E-state index contributed by atoms with van der Waals surface area (Å²) in [5.74, 6) is -2.26. The summed E-state index contributed by atoms with van der Waals surface area (Å²) in [6.45, 7) is 5.88. The standard InChI is InChI=1S/C25H34O8/c1-13(26)32-12-20(30)25(31)10-7-16-15-5-6-17-22(33-14(2)27)18(28)8-9-23(17,3)21(15)19(29)11-24(16,25)4/h15-17,21-22,31H,5-12H2,1-4H3/t15-,16-,17+,21+,22+,23-,24-,25+/m0/s1. The Labute approximate surface area is 193 Å². The zero-order valence-electron chi connectivity index (χ0n) is 19.8. The monoisotopic (exact) mass is 462 g/mol. The van der Waals surface area contributed by atoms with Gasteiger partial charge < -0.3 is 14.6 Å². The summed E-state index contributed by atoms with van der Waals surface area (Å²) < 4.78 is 10.3. The fraction of sp³-hybridized carbons (Fsp3) is 0.800. The lowest BCUT2D eigenvalue weighted by atomic mass is 9.43. The Morgan fingerprint density at radius 2 is 1.67 bits per heavy atom. The van der Waals surface area contributed by atoms with Gasteiger partial charge in [-0.3, -0.25) is 24.0 Å². The molecule has 1 N–H and O–H groups in total. The van der Waals surface area contributed by atoms with Gasteiger partial charge in [-0.15, -0.1) is 0 Å². The van der Waals surface area contributed by atoms with Crippen LogP contribution < -0.4 is 0 Å². The Balaban J connectivity index is 1.64. The molecule has 0 saturated heterocycles. The molecule has 0 aromatic rings. The van der Waals surface area contributed by atoms with Crippen molar-refractivity contribution in [2.75, 3.05) is 6.61 Å². The molecule has 8 atom stereocenters. The van der Waals surface area contributed by atoms with Crippen LogP contribution in [0.2, 0.25) is 0 Å². The molecular formula is C25H34O8. The van der Waals surface area contributed by atoms with E-state index in [1.54, 1.807) is 0 Å². The lowest BCUT2D eigenvalue weighted by molar-refractivity contribution is -0.191. The molecule has 0 radical (unpaired) electrons. The first kappa shape index (κ1) is 24.0. The van der Waals surface area contributed by atoms with Crippen molar-refractivity contribution < 1.29 is 38.6 Å². The van der Waals surface area contributed by atoms with Crippen molar-refractivity contribution in [1.29, 1.82) is 0 Å². The van der Waals surface area contributed by atoms with Crippen molar-refractivity contribution in [1.82, 2.24) is 0 Å². The van der Waals surface area contributed by atoms with Crippen LogP contribution in [-0.2, 0) is 33.4 Å². The Morgan fingerprint density at radius 3 is 2.30 bits per heavy atom. The van der Waals surface area contributed by atoms with Crippen molar-refractivity contribution in [2.45, 2.75) is 84.3 Å². The minimum Gasteiger partial charge on any atom is -0.458 e. The van der Waals surface area contributed by atoms with Gasteiger partial charge in [0.1, 0.15) is 11.4 Å². The first-order chi connectivity index (χ1) is 15.3. The third kappa shape index (κ3) is 3.47. The average molecular weight is 463 g/mol. The van der Waals surface area contributed by atoms with Crippen LogP contribution in [0.3, 0.4) is 0 Å². The Hall–Kier alpha value is -2.09. The number of esters is 2. The SMILES string of the molecule is CC(=O)OCC(=O)[C@]1(O)CC[C@H]2[C@@H]3CC[C@@H]4[C@@H](OC(C)=O)C(=O)CC[C@]4(C)[C@H]3C(=O)C[C@@]21C. The Morgan fingerprint density at radius 1 is 0.970 bits per heavy atom. The van der Waals surface area contributed by atoms with Crippen LogP contribution in [0.15, 0.2) is 0 Å². The molecule has 0 unspecified atom stereocenters. The summed E-state index contributed by atoms with van der Waals surface area (Å²) in [6.07, 6.45) is 2.27. The quantitative estimate of drug-likeness (QED) is 0.631. The van der Waals surface area contributed by atoms with Crippen molar-refractivity contribution in [3.63, 3.8) is 0 Å². The molecular weight excluding hydrogens is 428 g/mol. The van der Waals surface area contributed by atoms with Gasteiger partial charge in [-0.2, -0.15) is 0 Å². The largest absolute Gasteiger partial charge is 0.458 e. The van der Waals surface area contributed by atoms with Crippen molar-refractivity contribution >= 4 is 29.3 Å². The maximum Gasteiger partial charge on any atom is 0.303 e. The normalized spacial score (nSPS) is 44.3. The maximum absolute atomic E-state index is 13.7. The number of aliphatic hydroxyl groups is 1. The number of fused-ring (bicyclic) bond motifs is 5. The van der Waals surface area contributed by atoms with Crippen LogP contribution in [0.25, 0.3) is 0 Å². The molecule has 0 bridgehead atoms. The van der Waals surface area contributed by atoms with Crippen LogP contribution in [-0.4, -0.2) is 52.7 Å². The average Bonchev–Trinajstić information content (AvgIpc) is 2.99. The molecule has 0 heterocycles. The maximum atomic E-state index is 13.7. The number of carbonyl (C=O) groups is 5. The van der Waals surface area contributed by atoms with Crippen LogP contribution in [0.5, 0.6) is 0 Å². The van der Waals surface area contributed by atoms with Crippen LogP contribution in [0, 0.1) is 34.5 Å². The number of hydrogen-bond acceptors (Lipinski definition) is 8. The van der Waals surface area contributed by atoms with Gasteiger partial charge in [-0.05, 0) is 49.4 Å². The minimum absolute atomic E-state index is 0.00230. The molecule has 4 aliphatic rings. The third-order valence-electron chi connectivity index (χ3n) is 9.54. The highest BCUT2D eigenvalue weighted by molar-refractivity contribution is 5.93. The number of Topliss-reactive ketones (excluding diaryl/α,β-unsaturated/α-hetero) is 3. The molecule has 4 fully saturated rings. The Bertz CT molecular complexity index is 910. The second-order valence-electron chi connectivity index (χ2n) is 11.1. The zero-order valence-corrected chi connectivity index (χ0v) is 19.8. The van der Waals surface area contributed by atoms with E-state index in [1.807, 2.05) is 13.8 Å². The number of rotatable bonds is 4. The van der Waals surface area contributed by atoms with Crippen LogP contribution >= 0.6 is 0 Å². The summed E-state index contributed by atoms with van der Waals surface area (Å²) in [5, 5.41) is 11.5. The van der Waals surface area contributed by atoms with Crippen molar-refractivity contribution in [2.24, 2.45) is 34.5 Å². The van der Waals surface area contributed by atoms with Gasteiger partial charge in [-0.25, -0.2) is 0 Å². The first-order valence-corrected chi connectivity index (χ1v) is 12.0. The molecule has 4 rings (SSSR count). The fourth-order valence-corrected chi connectivity index (χ4v) is 8.01. The third-order valence-corrected chi connectivity index (χ3v) is 9.54. The molecule has 33 heavy (non-hydrogen) atoms. The minimum atomic E-state index is -1.71. The second kappa shape index (κ2) is 8.00. The van der Waals surface area contributed by atoms with Crippen LogP contribution in [0.4, 0.5) is 0 Å². The van der Waals surface area contributed by atoms with E-state index in [9.17, 15) is 29.1 Å². The predicted molar refractivity (Wildman–Crippen MR) is 115 cm³/mol. The highest BCUT2D eigenvalue weighted by atomic mass is 16.5. The highest BCUT2D eigenvalue weighted by Crippen LogP contribution is 2.67. The van der Waals surface area contributed by atoms with E-state index in [-0.39, 0.29) is 54.5 Å². The molecule has 0 aromatic heterocycles. The molecule has 4 aliphatic carbocycles. The van der Waals surface area contributed by atoms with Gasteiger partial charge in [0.25, 0.3) is 0 Å². The molecule has 0 aromatic carbocycles. The van der Waals surface area contributed by atoms with E-state index in [0.717, 1.165) is 0 Å².